The number of piperazine rings is 1. The Bertz CT molecular complexity index is 2890. The number of amides is 1. The average molecular weight is 1000 g/mol. The summed E-state index contributed by atoms with van der Waals surface area (Å²) < 4.78 is 40.3. The summed E-state index contributed by atoms with van der Waals surface area (Å²) in [5.41, 5.74) is 6.78. The van der Waals surface area contributed by atoms with Crippen LogP contribution >= 0.6 is 19.4 Å². The first kappa shape index (κ1) is 48.7. The molecule has 20 heteroatoms. The molecular weight excluding hydrogens is 939 g/mol. The predicted octanol–water partition coefficient (Wildman–Crippen LogP) is 7.97. The van der Waals surface area contributed by atoms with E-state index in [4.69, 9.17) is 21.3 Å². The van der Waals surface area contributed by atoms with E-state index in [9.17, 15) is 28.2 Å². The molecule has 1 aliphatic carbocycles. The van der Waals surface area contributed by atoms with Crippen LogP contribution in [-0.4, -0.2) is 135 Å². The first-order chi connectivity index (χ1) is 32.8. The fraction of sp³-hybridized carbons (Fsp3) is 0.429. The zero-order valence-electron chi connectivity index (χ0n) is 39.8. The van der Waals surface area contributed by atoms with Gasteiger partial charge in [-0.1, -0.05) is 43.2 Å². The third-order valence-electron chi connectivity index (χ3n) is 14.4. The number of anilines is 4. The molecule has 5 aromatic rings. The van der Waals surface area contributed by atoms with Gasteiger partial charge in [-0.05, 0) is 84.7 Å². The van der Waals surface area contributed by atoms with Gasteiger partial charge in [-0.15, -0.1) is 0 Å². The van der Waals surface area contributed by atoms with Crippen molar-refractivity contribution in [3.63, 3.8) is 0 Å². The molecule has 3 aromatic carbocycles. The monoisotopic (exact) mass is 1000 g/mol. The Balaban J connectivity index is 0.973. The summed E-state index contributed by atoms with van der Waals surface area (Å²) in [6.45, 7) is 12.9. The predicted molar refractivity (Wildman–Crippen MR) is 276 cm³/mol. The molecule has 2 saturated heterocycles. The number of H-pyrrole nitrogens is 1. The van der Waals surface area contributed by atoms with E-state index in [1.54, 1.807) is 12.3 Å². The van der Waals surface area contributed by atoms with E-state index in [-0.39, 0.29) is 22.6 Å². The number of nitro benzene ring substituents is 1. The van der Waals surface area contributed by atoms with Crippen molar-refractivity contribution in [2.24, 2.45) is 11.3 Å². The number of carbonyl (C=O) groups is 1. The van der Waals surface area contributed by atoms with Gasteiger partial charge in [-0.25, -0.2) is 0 Å². The number of sulfonamides is 1. The molecule has 0 saturated carbocycles. The summed E-state index contributed by atoms with van der Waals surface area (Å²) in [6, 6.07) is 21.1. The van der Waals surface area contributed by atoms with Gasteiger partial charge in [0.05, 0.1) is 17.9 Å². The number of carbonyl (C=O) groups excluding carboxylic acids is 1. The maximum absolute atomic E-state index is 14.5. The quantitative estimate of drug-likeness (QED) is 0.0534. The summed E-state index contributed by atoms with van der Waals surface area (Å²) in [5, 5.41) is 17.1. The Morgan fingerprint density at radius 2 is 1.74 bits per heavy atom. The molecular formula is C49H62ClN10O7PS. The Morgan fingerprint density at radius 3 is 2.46 bits per heavy atom. The first-order valence-corrected chi connectivity index (χ1v) is 27.8. The standard InChI is InChI=1S/C49H62ClN10O7PS/c1-49(2)17-15-36(41(28-49)34-7-9-37(50)10-8-34)32-57-20-22-58(23-21-57)38-11-13-40(43(26-38)59-19-6-24-67-48-45(59)25-35-16-18-51-46(35)53-48)47(61)54-69(65,66)39-12-14-42(44(27-39)60(62)63)52-29-33-30-55(3)68(5,64)56(4)31-33/h7-14,16,18,25-27,33,52,64,68H,6,15,17,19-24,28-32H2,1-5H3,(H,51,53)(H,54,61). The number of hydrogen-bond donors (Lipinski definition) is 4. The molecule has 2 aromatic heterocycles. The van der Waals surface area contributed by atoms with Crippen LogP contribution in [0.5, 0.6) is 5.88 Å². The number of rotatable bonds is 12. The second-order valence-electron chi connectivity index (χ2n) is 19.8. The topological polar surface area (TPSA) is 193 Å². The number of hydrogen-bond acceptors (Lipinski definition) is 14. The van der Waals surface area contributed by atoms with Crippen molar-refractivity contribution in [2.75, 3.05) is 101 Å². The van der Waals surface area contributed by atoms with Crippen LogP contribution in [-0.2, 0) is 10.0 Å². The van der Waals surface area contributed by atoms with Crippen molar-refractivity contribution in [3.8, 4) is 5.88 Å². The van der Waals surface area contributed by atoms with Crippen LogP contribution in [0.15, 0.2) is 89.5 Å². The van der Waals surface area contributed by atoms with Gasteiger partial charge in [0.2, 0.25) is 5.88 Å². The van der Waals surface area contributed by atoms with E-state index in [0.717, 1.165) is 74.1 Å². The van der Waals surface area contributed by atoms with Gasteiger partial charge >= 0.3 is 152 Å². The fourth-order valence-corrected chi connectivity index (χ4v) is 13.0. The van der Waals surface area contributed by atoms with E-state index in [1.165, 1.54) is 28.8 Å². The van der Waals surface area contributed by atoms with Crippen LogP contribution in [0.4, 0.5) is 28.4 Å². The van der Waals surface area contributed by atoms with Crippen LogP contribution in [0.3, 0.4) is 0 Å². The van der Waals surface area contributed by atoms with Crippen molar-refractivity contribution >= 4 is 80.4 Å². The number of pyridine rings is 1. The van der Waals surface area contributed by atoms with E-state index in [1.807, 2.05) is 71.4 Å². The van der Waals surface area contributed by atoms with Crippen LogP contribution in [0, 0.1) is 21.4 Å². The van der Waals surface area contributed by atoms with Crippen molar-refractivity contribution in [1.82, 2.24) is 28.9 Å². The Morgan fingerprint density at radius 1 is 1.00 bits per heavy atom. The molecule has 17 nitrogen and oxygen atoms in total. The molecule has 0 spiro atoms. The zero-order chi connectivity index (χ0) is 48.8. The maximum atomic E-state index is 14.5. The molecule has 0 unspecified atom stereocenters. The van der Waals surface area contributed by atoms with Gasteiger partial charge in [0.25, 0.3) is 0 Å². The first-order valence-electron chi connectivity index (χ1n) is 23.6. The minimum absolute atomic E-state index is 0.0414. The number of aromatic amines is 1. The van der Waals surface area contributed by atoms with Crippen LogP contribution < -0.4 is 24.6 Å². The number of nitrogens with one attached hydrogen (secondary N) is 3. The molecule has 3 aliphatic heterocycles. The van der Waals surface area contributed by atoms with Crippen LogP contribution in [0.25, 0.3) is 16.6 Å². The van der Waals surface area contributed by atoms with Gasteiger partial charge in [0.1, 0.15) is 11.3 Å². The van der Waals surface area contributed by atoms with E-state index in [0.29, 0.717) is 62.1 Å². The number of nitrogens with zero attached hydrogens (tertiary/aromatic N) is 7. The van der Waals surface area contributed by atoms with Crippen molar-refractivity contribution in [2.45, 2.75) is 44.4 Å². The molecule has 69 heavy (non-hydrogen) atoms. The number of allylic oxidation sites excluding steroid dienone is 1. The second kappa shape index (κ2) is 19.5. The summed E-state index contributed by atoms with van der Waals surface area (Å²) >= 11 is 6.28. The number of ether oxygens (including phenoxy) is 1. The van der Waals surface area contributed by atoms with Crippen LogP contribution in [0.2, 0.25) is 5.02 Å². The molecule has 0 radical (unpaired) electrons. The average Bonchev–Trinajstić information content (AvgIpc) is 3.68. The third kappa shape index (κ3) is 10.4. The number of aromatic nitrogens is 2. The van der Waals surface area contributed by atoms with Gasteiger partial charge in [-0.3, -0.25) is 9.69 Å². The zero-order valence-corrected chi connectivity index (χ0v) is 42.4. The SMILES string of the molecule is CN1CC(CNc2ccc(S(=O)(=O)NC(=O)c3ccc(N4CCN(CC5=C(c6ccc(Cl)cc6)CC(C)(C)CC5)CC4)cc3N3CCCOc4nc5[nH]ccc5cc43)cc2[N+](=O)[O-])CN(C)[PH]1(C)O. The number of benzene rings is 3. The van der Waals surface area contributed by atoms with E-state index >= 15 is 0 Å². The summed E-state index contributed by atoms with van der Waals surface area (Å²) in [6.07, 6.45) is 5.58. The molecule has 1 amide bonds. The number of fused-ring (bicyclic) bond motifs is 2. The van der Waals surface area contributed by atoms with Crippen LogP contribution in [0.1, 0.15) is 55.5 Å². The molecule has 5 heterocycles. The molecule has 4 N–H and O–H groups in total. The Kier molecular flexibility index (Phi) is 13.7. The molecule has 4 aliphatic rings. The Labute approximate surface area is 409 Å². The Hall–Kier alpha value is -5.33. The van der Waals surface area contributed by atoms with E-state index < -0.39 is 39.2 Å². The molecule has 0 atom stereocenters. The molecule has 0 bridgehead atoms. The summed E-state index contributed by atoms with van der Waals surface area (Å²) in [7, 11) is -3.60. The summed E-state index contributed by atoms with van der Waals surface area (Å²) in [4.78, 5) is 51.3. The van der Waals surface area contributed by atoms with E-state index in [2.05, 4.69) is 50.8 Å². The van der Waals surface area contributed by atoms with Crippen molar-refractivity contribution in [3.05, 3.63) is 111 Å². The molecule has 2 fully saturated rings. The van der Waals surface area contributed by atoms with Gasteiger partial charge in [0, 0.05) is 61.6 Å². The normalized spacial score (nSPS) is 20.8. The van der Waals surface area contributed by atoms with Gasteiger partial charge in [0.15, 0.2) is 0 Å². The third-order valence-corrected chi connectivity index (χ3v) is 19.2. The van der Waals surface area contributed by atoms with Gasteiger partial charge in [-0.2, -0.15) is 4.98 Å². The van der Waals surface area contributed by atoms with Crippen molar-refractivity contribution < 1.29 is 27.8 Å². The number of halogens is 1. The fourth-order valence-electron chi connectivity index (χ4n) is 10.1. The van der Waals surface area contributed by atoms with Gasteiger partial charge < -0.3 is 19.5 Å². The second-order valence-corrected chi connectivity index (χ2v) is 25.4. The summed E-state index contributed by atoms with van der Waals surface area (Å²) in [5.74, 6) is -0.463. The van der Waals surface area contributed by atoms with Crippen molar-refractivity contribution in [1.29, 1.82) is 0 Å². The number of nitro groups is 1. The molecule has 368 valence electrons. The minimum atomic E-state index is -4.61. The molecule has 9 rings (SSSR count).